The van der Waals surface area contributed by atoms with Gasteiger partial charge in [-0.15, -0.1) is 0 Å². The van der Waals surface area contributed by atoms with E-state index in [1.165, 1.54) is 17.3 Å². The van der Waals surface area contributed by atoms with Crippen molar-refractivity contribution in [2.24, 2.45) is 0 Å². The summed E-state index contributed by atoms with van der Waals surface area (Å²) >= 11 is 1.44. The van der Waals surface area contributed by atoms with E-state index in [2.05, 4.69) is 35.2 Å². The summed E-state index contributed by atoms with van der Waals surface area (Å²) in [6.07, 6.45) is 1.04. The van der Waals surface area contributed by atoms with Crippen molar-refractivity contribution in [3.63, 3.8) is 0 Å². The van der Waals surface area contributed by atoms with Crippen LogP contribution in [0.15, 0.2) is 53.7 Å². The second-order valence-corrected chi connectivity index (χ2v) is 7.53. The molecule has 0 spiro atoms. The minimum atomic E-state index is -0.245. The molecule has 130 valence electrons. The molecule has 2 N–H and O–H groups in total. The normalized spacial score (nSPS) is 13.6. The molecule has 3 rings (SSSR count). The van der Waals surface area contributed by atoms with E-state index in [0.29, 0.717) is 5.92 Å². The van der Waals surface area contributed by atoms with E-state index in [9.17, 15) is 4.79 Å². The summed E-state index contributed by atoms with van der Waals surface area (Å²) in [7, 11) is 0. The van der Waals surface area contributed by atoms with Gasteiger partial charge >= 0.3 is 0 Å². The summed E-state index contributed by atoms with van der Waals surface area (Å²) in [5, 5.41) is 3.60. The zero-order valence-electron chi connectivity index (χ0n) is 14.7. The molecule has 0 saturated heterocycles. The second-order valence-electron chi connectivity index (χ2n) is 6.20. The lowest BCUT2D eigenvalue weighted by Crippen LogP contribution is -2.23. The molecule has 0 aliphatic carbocycles. The number of rotatable bonds is 6. The summed E-state index contributed by atoms with van der Waals surface area (Å²) < 4.78 is 0. The fourth-order valence-electron chi connectivity index (χ4n) is 2.70. The van der Waals surface area contributed by atoms with E-state index in [1.807, 2.05) is 49.4 Å². The molecule has 0 aliphatic rings. The Morgan fingerprint density at radius 3 is 2.64 bits per heavy atom. The van der Waals surface area contributed by atoms with Gasteiger partial charge in [-0.25, -0.2) is 4.98 Å². The van der Waals surface area contributed by atoms with Crippen LogP contribution in [0.25, 0.3) is 11.0 Å². The fourth-order valence-corrected chi connectivity index (χ4v) is 3.52. The highest BCUT2D eigenvalue weighted by atomic mass is 32.2. The fraction of sp³-hybridized carbons (Fsp3) is 0.300. The van der Waals surface area contributed by atoms with Gasteiger partial charge in [0, 0.05) is 5.69 Å². The van der Waals surface area contributed by atoms with Gasteiger partial charge in [0.2, 0.25) is 5.91 Å². The number of imidazole rings is 1. The van der Waals surface area contributed by atoms with Crippen molar-refractivity contribution in [2.75, 3.05) is 5.32 Å². The number of fused-ring (bicyclic) bond motifs is 1. The number of nitrogens with one attached hydrogen (secondary N) is 2. The molecule has 3 aromatic rings. The average Bonchev–Trinajstić information content (AvgIpc) is 3.03. The third kappa shape index (κ3) is 4.04. The van der Waals surface area contributed by atoms with Crippen LogP contribution < -0.4 is 5.32 Å². The maximum absolute atomic E-state index is 12.6. The minimum absolute atomic E-state index is 0.0128. The van der Waals surface area contributed by atoms with Crippen LogP contribution in [0.4, 0.5) is 5.69 Å². The third-order valence-electron chi connectivity index (χ3n) is 4.39. The first-order valence-corrected chi connectivity index (χ1v) is 9.47. The van der Waals surface area contributed by atoms with Gasteiger partial charge < -0.3 is 10.3 Å². The Morgan fingerprint density at radius 2 is 1.88 bits per heavy atom. The molecule has 5 heteroatoms. The molecule has 0 saturated carbocycles. The standard InChI is InChI=1S/C20H23N3OS/c1-4-13(2)15-9-5-6-10-16(15)21-19(24)14(3)25-20-22-17-11-7-8-12-18(17)23-20/h5-14H,4H2,1-3H3,(H,21,24)(H,22,23)/t13-,14+/m0/s1. The van der Waals surface area contributed by atoms with Crippen LogP contribution in [-0.2, 0) is 4.79 Å². The maximum Gasteiger partial charge on any atom is 0.237 e. The van der Waals surface area contributed by atoms with Gasteiger partial charge in [0.05, 0.1) is 16.3 Å². The molecular formula is C20H23N3OS. The van der Waals surface area contributed by atoms with Crippen molar-refractivity contribution in [3.8, 4) is 0 Å². The Labute approximate surface area is 152 Å². The number of aromatic nitrogens is 2. The predicted octanol–water partition coefficient (Wildman–Crippen LogP) is 5.20. The smallest absolute Gasteiger partial charge is 0.237 e. The van der Waals surface area contributed by atoms with Gasteiger partial charge in [-0.3, -0.25) is 4.79 Å². The number of thioether (sulfide) groups is 1. The molecule has 0 bridgehead atoms. The Kier molecular flexibility index (Phi) is 5.43. The van der Waals surface area contributed by atoms with Crippen LogP contribution in [-0.4, -0.2) is 21.1 Å². The van der Waals surface area contributed by atoms with Crippen molar-refractivity contribution < 1.29 is 4.79 Å². The number of amides is 1. The number of benzene rings is 2. The lowest BCUT2D eigenvalue weighted by molar-refractivity contribution is -0.115. The zero-order chi connectivity index (χ0) is 17.8. The molecule has 1 heterocycles. The summed E-state index contributed by atoms with van der Waals surface area (Å²) in [5.41, 5.74) is 3.98. The third-order valence-corrected chi connectivity index (χ3v) is 5.37. The number of hydrogen-bond acceptors (Lipinski definition) is 3. The molecule has 2 aromatic carbocycles. The molecule has 1 amide bonds. The molecule has 4 nitrogen and oxygen atoms in total. The molecule has 0 aliphatic heterocycles. The lowest BCUT2D eigenvalue weighted by atomic mass is 9.97. The van der Waals surface area contributed by atoms with Crippen molar-refractivity contribution in [1.29, 1.82) is 0 Å². The Morgan fingerprint density at radius 1 is 1.16 bits per heavy atom. The molecule has 25 heavy (non-hydrogen) atoms. The summed E-state index contributed by atoms with van der Waals surface area (Å²) in [6.45, 7) is 6.24. The molecule has 2 atom stereocenters. The Balaban J connectivity index is 1.71. The van der Waals surface area contributed by atoms with E-state index in [1.54, 1.807) is 0 Å². The summed E-state index contributed by atoms with van der Waals surface area (Å²) in [5.74, 6) is 0.399. The number of aromatic amines is 1. The van der Waals surface area contributed by atoms with Gasteiger partial charge in [0.15, 0.2) is 5.16 Å². The van der Waals surface area contributed by atoms with Crippen LogP contribution in [0.3, 0.4) is 0 Å². The van der Waals surface area contributed by atoms with E-state index >= 15 is 0 Å². The molecule has 0 unspecified atom stereocenters. The summed E-state index contributed by atoms with van der Waals surface area (Å²) in [6, 6.07) is 15.9. The number of carbonyl (C=O) groups is 1. The predicted molar refractivity (Wildman–Crippen MR) is 105 cm³/mol. The van der Waals surface area contributed by atoms with Crippen molar-refractivity contribution in [2.45, 2.75) is 43.5 Å². The zero-order valence-corrected chi connectivity index (χ0v) is 15.6. The molecular weight excluding hydrogens is 330 g/mol. The topological polar surface area (TPSA) is 57.8 Å². The van der Waals surface area contributed by atoms with Crippen molar-refractivity contribution in [3.05, 3.63) is 54.1 Å². The lowest BCUT2D eigenvalue weighted by Gasteiger charge is -2.17. The number of nitrogens with zero attached hydrogens (tertiary/aromatic N) is 1. The SMILES string of the molecule is CC[C@H](C)c1ccccc1NC(=O)[C@@H](C)Sc1nc2ccccc2[nH]1. The highest BCUT2D eigenvalue weighted by molar-refractivity contribution is 8.00. The van der Waals surface area contributed by atoms with Crippen molar-refractivity contribution >= 4 is 34.4 Å². The molecule has 0 radical (unpaired) electrons. The van der Waals surface area contributed by atoms with Crippen LogP contribution in [0.2, 0.25) is 0 Å². The first-order valence-electron chi connectivity index (χ1n) is 8.59. The number of carbonyl (C=O) groups excluding carboxylic acids is 1. The Hall–Kier alpha value is -2.27. The van der Waals surface area contributed by atoms with Crippen LogP contribution in [0.1, 0.15) is 38.7 Å². The number of para-hydroxylation sites is 3. The van der Waals surface area contributed by atoms with E-state index in [4.69, 9.17) is 0 Å². The number of H-pyrrole nitrogens is 1. The van der Waals surface area contributed by atoms with Gasteiger partial charge in [-0.1, -0.05) is 55.9 Å². The first kappa shape index (κ1) is 17.5. The van der Waals surface area contributed by atoms with E-state index in [-0.39, 0.29) is 11.2 Å². The van der Waals surface area contributed by atoms with Gasteiger partial charge in [0.1, 0.15) is 0 Å². The quantitative estimate of drug-likeness (QED) is 0.599. The number of hydrogen-bond donors (Lipinski definition) is 2. The summed E-state index contributed by atoms with van der Waals surface area (Å²) in [4.78, 5) is 20.4. The monoisotopic (exact) mass is 353 g/mol. The maximum atomic E-state index is 12.6. The van der Waals surface area contributed by atoms with Crippen LogP contribution in [0, 0.1) is 0 Å². The van der Waals surface area contributed by atoms with Gasteiger partial charge in [0.25, 0.3) is 0 Å². The van der Waals surface area contributed by atoms with Gasteiger partial charge in [-0.2, -0.15) is 0 Å². The first-order chi connectivity index (χ1) is 12.1. The highest BCUT2D eigenvalue weighted by Gasteiger charge is 2.18. The van der Waals surface area contributed by atoms with E-state index < -0.39 is 0 Å². The molecule has 1 aromatic heterocycles. The van der Waals surface area contributed by atoms with Crippen LogP contribution >= 0.6 is 11.8 Å². The average molecular weight is 353 g/mol. The molecule has 0 fully saturated rings. The Bertz CT molecular complexity index is 841. The van der Waals surface area contributed by atoms with Crippen LogP contribution in [0.5, 0.6) is 0 Å². The second kappa shape index (κ2) is 7.74. The number of anilines is 1. The van der Waals surface area contributed by atoms with Crippen molar-refractivity contribution in [1.82, 2.24) is 9.97 Å². The van der Waals surface area contributed by atoms with E-state index in [0.717, 1.165) is 28.3 Å². The highest BCUT2D eigenvalue weighted by Crippen LogP contribution is 2.28. The van der Waals surface area contributed by atoms with Gasteiger partial charge in [-0.05, 0) is 43.0 Å². The largest absolute Gasteiger partial charge is 0.333 e. The minimum Gasteiger partial charge on any atom is -0.333 e.